The lowest BCUT2D eigenvalue weighted by molar-refractivity contribution is -0.137. The molecule has 1 aliphatic heterocycles. The SMILES string of the molecule is CC1(C)N=C(c2ccccc2O)OC1=O. The van der Waals surface area contributed by atoms with E-state index in [1.807, 2.05) is 0 Å². The maximum absolute atomic E-state index is 11.4. The fourth-order valence-electron chi connectivity index (χ4n) is 1.30. The van der Waals surface area contributed by atoms with E-state index >= 15 is 0 Å². The van der Waals surface area contributed by atoms with E-state index in [1.165, 1.54) is 6.07 Å². The number of rotatable bonds is 1. The van der Waals surface area contributed by atoms with E-state index in [0.717, 1.165) is 0 Å². The summed E-state index contributed by atoms with van der Waals surface area (Å²) in [7, 11) is 0. The van der Waals surface area contributed by atoms with E-state index in [9.17, 15) is 9.90 Å². The Kier molecular flexibility index (Phi) is 2.00. The Morgan fingerprint density at radius 3 is 2.53 bits per heavy atom. The summed E-state index contributed by atoms with van der Waals surface area (Å²) in [5.74, 6) is -0.161. The van der Waals surface area contributed by atoms with Crippen LogP contribution < -0.4 is 0 Å². The number of esters is 1. The average molecular weight is 205 g/mol. The van der Waals surface area contributed by atoms with Crippen molar-refractivity contribution in [3.8, 4) is 5.75 Å². The van der Waals surface area contributed by atoms with E-state index in [0.29, 0.717) is 5.56 Å². The molecule has 4 nitrogen and oxygen atoms in total. The van der Waals surface area contributed by atoms with Crippen molar-refractivity contribution in [1.82, 2.24) is 0 Å². The minimum absolute atomic E-state index is 0.0572. The molecule has 0 spiro atoms. The summed E-state index contributed by atoms with van der Waals surface area (Å²) in [5.41, 5.74) is -0.422. The molecule has 1 aliphatic rings. The van der Waals surface area contributed by atoms with E-state index in [4.69, 9.17) is 4.74 Å². The highest BCUT2D eigenvalue weighted by atomic mass is 16.6. The number of aliphatic imine (C=N–C) groups is 1. The van der Waals surface area contributed by atoms with E-state index < -0.39 is 11.5 Å². The summed E-state index contributed by atoms with van der Waals surface area (Å²) in [4.78, 5) is 15.5. The number of para-hydroxylation sites is 1. The number of hydrogen-bond donors (Lipinski definition) is 1. The van der Waals surface area contributed by atoms with E-state index in [1.54, 1.807) is 32.0 Å². The molecule has 0 saturated heterocycles. The number of carbonyl (C=O) groups excluding carboxylic acids is 1. The molecule has 15 heavy (non-hydrogen) atoms. The Labute approximate surface area is 87.2 Å². The number of aromatic hydroxyl groups is 1. The van der Waals surface area contributed by atoms with Gasteiger partial charge in [0.25, 0.3) is 0 Å². The maximum Gasteiger partial charge on any atom is 0.340 e. The van der Waals surface area contributed by atoms with Crippen LogP contribution in [0.1, 0.15) is 19.4 Å². The fourth-order valence-corrected chi connectivity index (χ4v) is 1.30. The van der Waals surface area contributed by atoms with Crippen LogP contribution >= 0.6 is 0 Å². The molecule has 0 amide bonds. The third-order valence-electron chi connectivity index (χ3n) is 2.20. The first-order valence-electron chi connectivity index (χ1n) is 4.61. The van der Waals surface area contributed by atoms with Gasteiger partial charge in [-0.2, -0.15) is 0 Å². The van der Waals surface area contributed by atoms with Crippen molar-refractivity contribution in [2.24, 2.45) is 4.99 Å². The number of hydrogen-bond acceptors (Lipinski definition) is 4. The quantitative estimate of drug-likeness (QED) is 0.706. The molecule has 2 rings (SSSR count). The largest absolute Gasteiger partial charge is 0.507 e. The second kappa shape index (κ2) is 3.08. The number of ether oxygens (including phenoxy) is 1. The van der Waals surface area contributed by atoms with Gasteiger partial charge in [0, 0.05) is 0 Å². The van der Waals surface area contributed by atoms with Crippen LogP contribution in [0.25, 0.3) is 0 Å². The van der Waals surface area contributed by atoms with Crippen molar-refractivity contribution < 1.29 is 14.6 Å². The molecule has 1 heterocycles. The number of carbonyl (C=O) groups is 1. The molecule has 0 saturated carbocycles. The van der Waals surface area contributed by atoms with Crippen molar-refractivity contribution in [2.45, 2.75) is 19.4 Å². The highest BCUT2D eigenvalue weighted by Crippen LogP contribution is 2.26. The van der Waals surface area contributed by atoms with Crippen molar-refractivity contribution in [2.75, 3.05) is 0 Å². The Balaban J connectivity index is 2.44. The highest BCUT2D eigenvalue weighted by Gasteiger charge is 2.37. The second-order valence-corrected chi connectivity index (χ2v) is 3.88. The molecule has 1 N–H and O–H groups in total. The van der Waals surface area contributed by atoms with Crippen LogP contribution in [0, 0.1) is 0 Å². The minimum atomic E-state index is -0.863. The van der Waals surface area contributed by atoms with Crippen LogP contribution in [-0.2, 0) is 9.53 Å². The highest BCUT2D eigenvalue weighted by molar-refractivity contribution is 6.08. The monoisotopic (exact) mass is 205 g/mol. The van der Waals surface area contributed by atoms with Crippen molar-refractivity contribution >= 4 is 11.9 Å². The van der Waals surface area contributed by atoms with Gasteiger partial charge in [-0.25, -0.2) is 9.79 Å². The smallest absolute Gasteiger partial charge is 0.340 e. The molecule has 1 aromatic rings. The first-order valence-corrected chi connectivity index (χ1v) is 4.61. The summed E-state index contributed by atoms with van der Waals surface area (Å²) in [5, 5.41) is 9.56. The van der Waals surface area contributed by atoms with Gasteiger partial charge in [0.2, 0.25) is 5.90 Å². The third kappa shape index (κ3) is 1.58. The molecule has 0 aromatic heterocycles. The average Bonchev–Trinajstić information content (AvgIpc) is 2.42. The summed E-state index contributed by atoms with van der Waals surface area (Å²) in [6.45, 7) is 3.34. The zero-order chi connectivity index (χ0) is 11.1. The van der Waals surface area contributed by atoms with E-state index in [2.05, 4.69) is 4.99 Å². The first kappa shape index (κ1) is 9.71. The normalized spacial score (nSPS) is 18.5. The standard InChI is InChI=1S/C11H11NO3/c1-11(2)10(14)15-9(12-11)7-5-3-4-6-8(7)13/h3-6,13H,1-2H3. The van der Waals surface area contributed by atoms with Gasteiger partial charge in [-0.3, -0.25) is 0 Å². The van der Waals surface area contributed by atoms with Crippen LogP contribution in [0.5, 0.6) is 5.75 Å². The van der Waals surface area contributed by atoms with Gasteiger partial charge < -0.3 is 9.84 Å². The fraction of sp³-hybridized carbons (Fsp3) is 0.273. The van der Waals surface area contributed by atoms with Gasteiger partial charge in [-0.05, 0) is 26.0 Å². The van der Waals surface area contributed by atoms with Crippen molar-refractivity contribution in [1.29, 1.82) is 0 Å². The second-order valence-electron chi connectivity index (χ2n) is 3.88. The van der Waals surface area contributed by atoms with Crippen LogP contribution in [0.15, 0.2) is 29.3 Å². The van der Waals surface area contributed by atoms with Gasteiger partial charge in [-0.15, -0.1) is 0 Å². The maximum atomic E-state index is 11.4. The number of nitrogens with zero attached hydrogens (tertiary/aromatic N) is 1. The Hall–Kier alpha value is -1.84. The summed E-state index contributed by atoms with van der Waals surface area (Å²) < 4.78 is 4.99. The predicted octanol–water partition coefficient (Wildman–Crippen LogP) is 1.47. The van der Waals surface area contributed by atoms with Gasteiger partial charge in [-0.1, -0.05) is 12.1 Å². The molecule has 0 radical (unpaired) electrons. The lowest BCUT2D eigenvalue weighted by Gasteiger charge is -2.05. The molecule has 0 bridgehead atoms. The molecule has 0 fully saturated rings. The molecule has 1 aromatic carbocycles. The molecule has 4 heteroatoms. The van der Waals surface area contributed by atoms with E-state index in [-0.39, 0.29) is 11.6 Å². The van der Waals surface area contributed by atoms with Crippen molar-refractivity contribution in [3.63, 3.8) is 0 Å². The molecular weight excluding hydrogens is 194 g/mol. The van der Waals surface area contributed by atoms with Gasteiger partial charge in [0.05, 0.1) is 5.56 Å². The summed E-state index contributed by atoms with van der Waals surface area (Å²) >= 11 is 0. The van der Waals surface area contributed by atoms with Crippen LogP contribution in [0.3, 0.4) is 0 Å². The lowest BCUT2D eigenvalue weighted by Crippen LogP contribution is -2.25. The Morgan fingerprint density at radius 1 is 1.33 bits per heavy atom. The molecule has 0 aliphatic carbocycles. The van der Waals surface area contributed by atoms with Crippen LogP contribution in [-0.4, -0.2) is 22.5 Å². The zero-order valence-corrected chi connectivity index (χ0v) is 8.52. The predicted molar refractivity (Wildman–Crippen MR) is 54.8 cm³/mol. The molecule has 78 valence electrons. The van der Waals surface area contributed by atoms with Gasteiger partial charge >= 0.3 is 5.97 Å². The topological polar surface area (TPSA) is 58.9 Å². The Morgan fingerprint density at radius 2 is 2.00 bits per heavy atom. The minimum Gasteiger partial charge on any atom is -0.507 e. The van der Waals surface area contributed by atoms with Gasteiger partial charge in [0.1, 0.15) is 5.75 Å². The van der Waals surface area contributed by atoms with Crippen LogP contribution in [0.4, 0.5) is 0 Å². The zero-order valence-electron chi connectivity index (χ0n) is 8.52. The third-order valence-corrected chi connectivity index (χ3v) is 2.20. The molecule has 0 atom stereocenters. The van der Waals surface area contributed by atoms with Gasteiger partial charge in [0.15, 0.2) is 5.54 Å². The lowest BCUT2D eigenvalue weighted by atomic mass is 10.1. The number of phenolic OH excluding ortho intramolecular Hbond substituents is 1. The Bertz CT molecular complexity index is 449. The number of benzene rings is 1. The number of cyclic esters (lactones) is 1. The molecule has 0 unspecified atom stereocenters. The van der Waals surface area contributed by atoms with Crippen LogP contribution in [0.2, 0.25) is 0 Å². The summed E-state index contributed by atoms with van der Waals surface area (Å²) in [6, 6.07) is 6.62. The molecular formula is C11H11NO3. The van der Waals surface area contributed by atoms with Crippen molar-refractivity contribution in [3.05, 3.63) is 29.8 Å². The first-order chi connectivity index (χ1) is 7.00. The summed E-state index contributed by atoms with van der Waals surface area (Å²) in [6.07, 6.45) is 0. The number of phenols is 1.